The SMILES string of the molecule is C=C(C)C(=O)O.C=C(C)C(=O)O.O=c1occo1.OCCO. The van der Waals surface area contributed by atoms with Crippen LogP contribution in [0, 0.1) is 0 Å². The van der Waals surface area contributed by atoms with E-state index in [1.807, 2.05) is 0 Å². The number of rotatable bonds is 3. The number of carboxylic acid groups (broad SMARTS) is 2. The van der Waals surface area contributed by atoms with Crippen LogP contribution in [-0.4, -0.2) is 45.6 Å². The summed E-state index contributed by atoms with van der Waals surface area (Å²) in [5.74, 6) is -2.53. The van der Waals surface area contributed by atoms with Crippen molar-refractivity contribution in [2.24, 2.45) is 0 Å². The Kier molecular flexibility index (Phi) is 18.2. The van der Waals surface area contributed by atoms with E-state index in [1.165, 1.54) is 26.4 Å². The molecule has 1 heterocycles. The minimum absolute atomic E-state index is 0.125. The van der Waals surface area contributed by atoms with Gasteiger partial charge in [0.25, 0.3) is 0 Å². The molecule has 0 bridgehead atoms. The lowest BCUT2D eigenvalue weighted by atomic mass is 10.4. The van der Waals surface area contributed by atoms with Crippen LogP contribution in [0.25, 0.3) is 0 Å². The van der Waals surface area contributed by atoms with E-state index in [0.717, 1.165) is 0 Å². The second-order valence-corrected chi connectivity index (χ2v) is 3.38. The van der Waals surface area contributed by atoms with Crippen LogP contribution < -0.4 is 5.82 Å². The second-order valence-electron chi connectivity index (χ2n) is 3.38. The fourth-order valence-corrected chi connectivity index (χ4v) is 0.194. The summed E-state index contributed by atoms with van der Waals surface area (Å²) in [5, 5.41) is 31.0. The molecule has 0 aliphatic heterocycles. The van der Waals surface area contributed by atoms with Crippen LogP contribution >= 0.6 is 0 Å². The van der Waals surface area contributed by atoms with Gasteiger partial charge in [-0.3, -0.25) is 0 Å². The molecule has 0 aromatic carbocycles. The maximum atomic E-state index is 9.74. The van der Waals surface area contributed by atoms with Crippen LogP contribution in [0.4, 0.5) is 0 Å². The van der Waals surface area contributed by atoms with E-state index < -0.39 is 17.8 Å². The zero-order valence-electron chi connectivity index (χ0n) is 12.3. The number of hydrogen-bond acceptors (Lipinski definition) is 7. The summed E-state index contributed by atoms with van der Waals surface area (Å²) in [6.45, 7) is 8.95. The van der Waals surface area contributed by atoms with Gasteiger partial charge in [0.05, 0.1) is 13.2 Å². The summed E-state index contributed by atoms with van der Waals surface area (Å²) in [7, 11) is 0. The molecule has 0 aliphatic rings. The van der Waals surface area contributed by atoms with Gasteiger partial charge in [-0.2, -0.15) is 0 Å². The maximum Gasteiger partial charge on any atom is 0.518 e. The molecule has 0 saturated heterocycles. The molecule has 0 saturated carbocycles. The van der Waals surface area contributed by atoms with Gasteiger partial charge in [0.1, 0.15) is 12.5 Å². The molecule has 22 heavy (non-hydrogen) atoms. The molecule has 4 N–H and O–H groups in total. The van der Waals surface area contributed by atoms with E-state index >= 15 is 0 Å². The van der Waals surface area contributed by atoms with E-state index in [2.05, 4.69) is 22.0 Å². The Balaban J connectivity index is -0.000000222. The molecule has 0 atom stereocenters. The molecule has 0 radical (unpaired) electrons. The summed E-state index contributed by atoms with van der Waals surface area (Å²) in [5.41, 5.74) is 0.352. The third-order valence-corrected chi connectivity index (χ3v) is 1.21. The Morgan fingerprint density at radius 1 is 0.955 bits per heavy atom. The zero-order valence-corrected chi connectivity index (χ0v) is 12.3. The average Bonchev–Trinajstić information content (AvgIpc) is 2.91. The zero-order chi connectivity index (χ0) is 18.1. The lowest BCUT2D eigenvalue weighted by molar-refractivity contribution is -0.133. The predicted molar refractivity (Wildman–Crippen MR) is 76.3 cm³/mol. The molecule has 0 amide bonds. The molecule has 0 aliphatic carbocycles. The first-order valence-corrected chi connectivity index (χ1v) is 5.61. The highest BCUT2D eigenvalue weighted by molar-refractivity contribution is 5.85. The molecule has 1 aromatic heterocycles. The quantitative estimate of drug-likeness (QED) is 0.581. The first-order chi connectivity index (χ1) is 10.1. The fourth-order valence-electron chi connectivity index (χ4n) is 0.194. The van der Waals surface area contributed by atoms with Gasteiger partial charge in [0, 0.05) is 11.1 Å². The first-order valence-electron chi connectivity index (χ1n) is 5.61. The van der Waals surface area contributed by atoms with Crippen LogP contribution in [-0.2, 0) is 9.59 Å². The Morgan fingerprint density at radius 2 is 1.18 bits per heavy atom. The van der Waals surface area contributed by atoms with Crippen molar-refractivity contribution < 1.29 is 38.8 Å². The molecule has 1 aromatic rings. The number of carboxylic acids is 2. The molecule has 0 fully saturated rings. The first kappa shape index (κ1) is 24.4. The van der Waals surface area contributed by atoms with Gasteiger partial charge in [0.15, 0.2) is 0 Å². The summed E-state index contributed by atoms with van der Waals surface area (Å²) >= 11 is 0. The topological polar surface area (TPSA) is 158 Å². The van der Waals surface area contributed by atoms with Crippen LogP contribution in [0.3, 0.4) is 0 Å². The molecule has 9 nitrogen and oxygen atoms in total. The van der Waals surface area contributed by atoms with E-state index in [-0.39, 0.29) is 24.4 Å². The summed E-state index contributed by atoms with van der Waals surface area (Å²) < 4.78 is 8.22. The van der Waals surface area contributed by atoms with Crippen LogP contribution in [0.1, 0.15) is 13.8 Å². The van der Waals surface area contributed by atoms with Crippen LogP contribution in [0.15, 0.2) is 50.5 Å². The van der Waals surface area contributed by atoms with Gasteiger partial charge >= 0.3 is 17.8 Å². The second kappa shape index (κ2) is 16.4. The molecule has 126 valence electrons. The van der Waals surface area contributed by atoms with Crippen molar-refractivity contribution in [3.8, 4) is 0 Å². The fraction of sp³-hybridized carbons (Fsp3) is 0.308. The summed E-state index contributed by atoms with van der Waals surface area (Å²) in [6.07, 6.45) is 2.37. The highest BCUT2D eigenvalue weighted by Crippen LogP contribution is 1.81. The monoisotopic (exact) mass is 320 g/mol. The molecule has 0 spiro atoms. The van der Waals surface area contributed by atoms with Crippen molar-refractivity contribution in [1.82, 2.24) is 0 Å². The van der Waals surface area contributed by atoms with Crippen LogP contribution in [0.2, 0.25) is 0 Å². The lowest BCUT2D eigenvalue weighted by Gasteiger charge is -1.79. The standard InChI is InChI=1S/2C4H6O2.C3H2O3.C2H6O2/c2*1-3(2)4(5)6;4-3-5-1-2-6-3;3-1-2-4/h2*1H2,2H3,(H,5,6);1-2H;3-4H,1-2H2. The van der Waals surface area contributed by atoms with Crippen molar-refractivity contribution >= 4 is 11.9 Å². The van der Waals surface area contributed by atoms with Crippen LogP contribution in [0.5, 0.6) is 0 Å². The number of aliphatic hydroxyl groups excluding tert-OH is 2. The summed E-state index contributed by atoms with van der Waals surface area (Å²) in [4.78, 5) is 28.9. The Morgan fingerprint density at radius 3 is 1.23 bits per heavy atom. The maximum absolute atomic E-state index is 9.74. The number of carbonyl (C=O) groups is 2. The van der Waals surface area contributed by atoms with Crippen molar-refractivity contribution in [2.75, 3.05) is 13.2 Å². The van der Waals surface area contributed by atoms with Crippen molar-refractivity contribution in [3.05, 3.63) is 47.4 Å². The van der Waals surface area contributed by atoms with Gasteiger partial charge in [-0.05, 0) is 13.8 Å². The molecule has 0 unspecified atom stereocenters. The smallest absolute Gasteiger partial charge is 0.478 e. The minimum atomic E-state index is -0.935. The van der Waals surface area contributed by atoms with Gasteiger partial charge in [-0.1, -0.05) is 13.2 Å². The van der Waals surface area contributed by atoms with Gasteiger partial charge < -0.3 is 29.3 Å². The normalized spacial score (nSPS) is 7.82. The van der Waals surface area contributed by atoms with Gasteiger partial charge in [-0.15, -0.1) is 0 Å². The van der Waals surface area contributed by atoms with Gasteiger partial charge in [0.2, 0.25) is 0 Å². The van der Waals surface area contributed by atoms with Crippen molar-refractivity contribution in [2.45, 2.75) is 13.8 Å². The lowest BCUT2D eigenvalue weighted by Crippen LogP contribution is -1.92. The van der Waals surface area contributed by atoms with Crippen molar-refractivity contribution in [3.63, 3.8) is 0 Å². The average molecular weight is 320 g/mol. The molecule has 9 heteroatoms. The van der Waals surface area contributed by atoms with E-state index in [4.69, 9.17) is 20.4 Å². The minimum Gasteiger partial charge on any atom is -0.478 e. The van der Waals surface area contributed by atoms with E-state index in [0.29, 0.717) is 0 Å². The molecule has 1 rings (SSSR count). The highest BCUT2D eigenvalue weighted by atomic mass is 16.5. The van der Waals surface area contributed by atoms with E-state index in [1.54, 1.807) is 0 Å². The Bertz CT molecular complexity index is 429. The third kappa shape index (κ3) is 26.0. The Labute approximate surface area is 126 Å². The predicted octanol–water partition coefficient (Wildman–Crippen LogP) is 0.498. The van der Waals surface area contributed by atoms with E-state index in [9.17, 15) is 14.4 Å². The largest absolute Gasteiger partial charge is 0.518 e. The number of hydrogen-bond donors (Lipinski definition) is 4. The molecular weight excluding hydrogens is 300 g/mol. The molecular formula is C13H20O9. The number of aliphatic carboxylic acids is 2. The van der Waals surface area contributed by atoms with Crippen molar-refractivity contribution in [1.29, 1.82) is 0 Å². The third-order valence-electron chi connectivity index (χ3n) is 1.21. The summed E-state index contributed by atoms with van der Waals surface area (Å²) in [6, 6.07) is 0. The Hall–Kier alpha value is -2.65. The number of aliphatic hydroxyl groups is 2. The van der Waals surface area contributed by atoms with Gasteiger partial charge in [-0.25, -0.2) is 14.4 Å². The highest BCUT2D eigenvalue weighted by Gasteiger charge is 1.90.